The van der Waals surface area contributed by atoms with E-state index in [9.17, 15) is 4.79 Å². The summed E-state index contributed by atoms with van der Waals surface area (Å²) in [5.41, 5.74) is 2.12. The van der Waals surface area contributed by atoms with Crippen molar-refractivity contribution >= 4 is 5.91 Å². The summed E-state index contributed by atoms with van der Waals surface area (Å²) in [4.78, 5) is 14.2. The lowest BCUT2D eigenvalue weighted by atomic mass is 9.97. The Morgan fingerprint density at radius 3 is 2.44 bits per heavy atom. The second-order valence-electron chi connectivity index (χ2n) is 4.97. The maximum atomic E-state index is 12.2. The number of nitrogens with one attached hydrogen (secondary N) is 1. The maximum Gasteiger partial charge on any atom is 0.253 e. The zero-order valence-corrected chi connectivity index (χ0v) is 11.3. The average Bonchev–Trinajstić information content (AvgIpc) is 2.47. The highest BCUT2D eigenvalue weighted by Crippen LogP contribution is 2.19. The molecule has 1 aromatic rings. The summed E-state index contributed by atoms with van der Waals surface area (Å²) in [5, 5.41) is 3.26. The summed E-state index contributed by atoms with van der Waals surface area (Å²) in [6.45, 7) is 7.82. The molecule has 3 nitrogen and oxygen atoms in total. The van der Waals surface area contributed by atoms with Crippen molar-refractivity contribution in [1.82, 2.24) is 10.2 Å². The van der Waals surface area contributed by atoms with Crippen molar-refractivity contribution in [2.75, 3.05) is 26.2 Å². The number of piperazine rings is 1. The van der Waals surface area contributed by atoms with Crippen LogP contribution in [0.15, 0.2) is 24.3 Å². The predicted octanol–water partition coefficient (Wildman–Crippen LogP) is 2.25. The van der Waals surface area contributed by atoms with Gasteiger partial charge in [0.1, 0.15) is 0 Å². The van der Waals surface area contributed by atoms with Crippen LogP contribution in [-0.4, -0.2) is 37.0 Å². The molecule has 3 heteroatoms. The van der Waals surface area contributed by atoms with E-state index in [2.05, 4.69) is 31.3 Å². The molecule has 1 aliphatic rings. The van der Waals surface area contributed by atoms with Crippen LogP contribution in [0.3, 0.4) is 0 Å². The SMILES string of the molecule is CCC(C)c1ccc(C(=O)N2CCNCC2)cc1. The molecule has 1 atom stereocenters. The van der Waals surface area contributed by atoms with Gasteiger partial charge in [0.25, 0.3) is 5.91 Å². The fourth-order valence-electron chi connectivity index (χ4n) is 2.24. The van der Waals surface area contributed by atoms with Gasteiger partial charge in [0, 0.05) is 31.7 Å². The number of hydrogen-bond acceptors (Lipinski definition) is 2. The molecule has 1 N–H and O–H groups in total. The Morgan fingerprint density at radius 1 is 1.28 bits per heavy atom. The molecule has 0 aromatic heterocycles. The van der Waals surface area contributed by atoms with E-state index in [4.69, 9.17) is 0 Å². The van der Waals surface area contributed by atoms with Gasteiger partial charge >= 0.3 is 0 Å². The van der Waals surface area contributed by atoms with Gasteiger partial charge in [-0.3, -0.25) is 4.79 Å². The van der Waals surface area contributed by atoms with Crippen molar-refractivity contribution in [1.29, 1.82) is 0 Å². The molecule has 2 rings (SSSR count). The average molecular weight is 246 g/mol. The van der Waals surface area contributed by atoms with Crippen molar-refractivity contribution in [2.45, 2.75) is 26.2 Å². The van der Waals surface area contributed by atoms with Crippen LogP contribution in [0.25, 0.3) is 0 Å². The number of amides is 1. The summed E-state index contributed by atoms with van der Waals surface area (Å²) >= 11 is 0. The molecule has 98 valence electrons. The van der Waals surface area contributed by atoms with Crippen LogP contribution < -0.4 is 5.32 Å². The van der Waals surface area contributed by atoms with E-state index in [1.165, 1.54) is 5.56 Å². The summed E-state index contributed by atoms with van der Waals surface area (Å²) < 4.78 is 0. The van der Waals surface area contributed by atoms with Crippen LogP contribution in [0.1, 0.15) is 42.1 Å². The zero-order valence-electron chi connectivity index (χ0n) is 11.3. The Balaban J connectivity index is 2.06. The van der Waals surface area contributed by atoms with Gasteiger partial charge in [0.2, 0.25) is 0 Å². The minimum absolute atomic E-state index is 0.159. The number of rotatable bonds is 3. The molecule has 1 aromatic carbocycles. The quantitative estimate of drug-likeness (QED) is 0.887. The first-order valence-electron chi connectivity index (χ1n) is 6.82. The Labute approximate surface area is 109 Å². The second-order valence-corrected chi connectivity index (χ2v) is 4.97. The van der Waals surface area contributed by atoms with Crippen LogP contribution >= 0.6 is 0 Å². The highest BCUT2D eigenvalue weighted by atomic mass is 16.2. The van der Waals surface area contributed by atoms with E-state index in [0.717, 1.165) is 38.2 Å². The van der Waals surface area contributed by atoms with E-state index >= 15 is 0 Å². The van der Waals surface area contributed by atoms with Crippen LogP contribution in [0.2, 0.25) is 0 Å². The fourth-order valence-corrected chi connectivity index (χ4v) is 2.24. The fraction of sp³-hybridized carbons (Fsp3) is 0.533. The van der Waals surface area contributed by atoms with Crippen LogP contribution in [0.5, 0.6) is 0 Å². The highest BCUT2D eigenvalue weighted by molar-refractivity contribution is 5.94. The first-order chi connectivity index (χ1) is 8.72. The standard InChI is InChI=1S/C15H22N2O/c1-3-12(2)13-4-6-14(7-5-13)15(18)17-10-8-16-9-11-17/h4-7,12,16H,3,8-11H2,1-2H3. The lowest BCUT2D eigenvalue weighted by molar-refractivity contribution is 0.0736. The summed E-state index contributed by atoms with van der Waals surface area (Å²) in [6.07, 6.45) is 1.13. The molecule has 1 fully saturated rings. The lowest BCUT2D eigenvalue weighted by Gasteiger charge is -2.27. The number of carbonyl (C=O) groups is 1. The number of nitrogens with zero attached hydrogens (tertiary/aromatic N) is 1. The molecule has 0 bridgehead atoms. The topological polar surface area (TPSA) is 32.3 Å². The predicted molar refractivity (Wildman–Crippen MR) is 73.9 cm³/mol. The van der Waals surface area contributed by atoms with Crippen LogP contribution in [0, 0.1) is 0 Å². The summed E-state index contributed by atoms with van der Waals surface area (Å²) in [5.74, 6) is 0.723. The third kappa shape index (κ3) is 2.91. The van der Waals surface area contributed by atoms with Crippen molar-refractivity contribution in [3.63, 3.8) is 0 Å². The van der Waals surface area contributed by atoms with Gasteiger partial charge in [-0.05, 0) is 30.0 Å². The Bertz CT molecular complexity index is 393. The van der Waals surface area contributed by atoms with E-state index in [1.807, 2.05) is 17.0 Å². The first kappa shape index (κ1) is 13.1. The molecule has 1 unspecified atom stereocenters. The molecular weight excluding hydrogens is 224 g/mol. The van der Waals surface area contributed by atoms with Gasteiger partial charge in [0.05, 0.1) is 0 Å². The van der Waals surface area contributed by atoms with Crippen LogP contribution in [0.4, 0.5) is 0 Å². The van der Waals surface area contributed by atoms with Crippen molar-refractivity contribution in [2.24, 2.45) is 0 Å². The molecule has 0 radical (unpaired) electrons. The Kier molecular flexibility index (Phi) is 4.37. The number of hydrogen-bond donors (Lipinski definition) is 1. The molecular formula is C15H22N2O. The van der Waals surface area contributed by atoms with Crippen molar-refractivity contribution < 1.29 is 4.79 Å². The Morgan fingerprint density at radius 2 is 1.89 bits per heavy atom. The van der Waals surface area contributed by atoms with Gasteiger partial charge < -0.3 is 10.2 Å². The van der Waals surface area contributed by atoms with Gasteiger partial charge in [-0.1, -0.05) is 26.0 Å². The van der Waals surface area contributed by atoms with E-state index in [1.54, 1.807) is 0 Å². The maximum absolute atomic E-state index is 12.2. The second kappa shape index (κ2) is 6.01. The van der Waals surface area contributed by atoms with Gasteiger partial charge in [-0.2, -0.15) is 0 Å². The number of carbonyl (C=O) groups excluding carboxylic acids is 1. The van der Waals surface area contributed by atoms with E-state index < -0.39 is 0 Å². The summed E-state index contributed by atoms with van der Waals surface area (Å²) in [6, 6.07) is 8.10. The van der Waals surface area contributed by atoms with Crippen molar-refractivity contribution in [3.8, 4) is 0 Å². The summed E-state index contributed by atoms with van der Waals surface area (Å²) in [7, 11) is 0. The highest BCUT2D eigenvalue weighted by Gasteiger charge is 2.17. The zero-order chi connectivity index (χ0) is 13.0. The minimum atomic E-state index is 0.159. The number of benzene rings is 1. The molecule has 0 aliphatic carbocycles. The molecule has 0 saturated carbocycles. The third-order valence-corrected chi connectivity index (χ3v) is 3.74. The smallest absolute Gasteiger partial charge is 0.253 e. The molecule has 1 amide bonds. The largest absolute Gasteiger partial charge is 0.336 e. The third-order valence-electron chi connectivity index (χ3n) is 3.74. The van der Waals surface area contributed by atoms with Gasteiger partial charge in [-0.15, -0.1) is 0 Å². The molecule has 1 aliphatic heterocycles. The van der Waals surface area contributed by atoms with Crippen LogP contribution in [-0.2, 0) is 0 Å². The molecule has 18 heavy (non-hydrogen) atoms. The molecule has 0 spiro atoms. The first-order valence-corrected chi connectivity index (χ1v) is 6.82. The minimum Gasteiger partial charge on any atom is -0.336 e. The Hall–Kier alpha value is -1.35. The van der Waals surface area contributed by atoms with E-state index in [0.29, 0.717) is 5.92 Å². The molecule has 1 saturated heterocycles. The van der Waals surface area contributed by atoms with Crippen molar-refractivity contribution in [3.05, 3.63) is 35.4 Å². The van der Waals surface area contributed by atoms with Gasteiger partial charge in [-0.25, -0.2) is 0 Å². The lowest BCUT2D eigenvalue weighted by Crippen LogP contribution is -2.46. The van der Waals surface area contributed by atoms with Gasteiger partial charge in [0.15, 0.2) is 0 Å². The van der Waals surface area contributed by atoms with E-state index in [-0.39, 0.29) is 5.91 Å². The monoisotopic (exact) mass is 246 g/mol. The normalized spacial score (nSPS) is 17.6. The molecule has 1 heterocycles.